The minimum atomic E-state index is -3.54. The van der Waals surface area contributed by atoms with Crippen molar-refractivity contribution < 1.29 is 8.42 Å². The highest BCUT2D eigenvalue weighted by Crippen LogP contribution is 2.35. The summed E-state index contributed by atoms with van der Waals surface area (Å²) < 4.78 is 29.0. The van der Waals surface area contributed by atoms with Crippen LogP contribution in [-0.2, 0) is 16.4 Å². The third-order valence-corrected chi connectivity index (χ3v) is 7.09. The van der Waals surface area contributed by atoms with Gasteiger partial charge in [-0.15, -0.1) is 11.3 Å². The molecule has 0 fully saturated rings. The summed E-state index contributed by atoms with van der Waals surface area (Å²) in [6.07, 6.45) is 2.25. The SMILES string of the molecule is Cc1c(S(=O)(=O)NCCc2ccccn2)sc2ccc(Cl)cc12. The first kappa shape index (κ1) is 16.4. The minimum Gasteiger partial charge on any atom is -0.261 e. The largest absolute Gasteiger partial charge is 0.261 e. The Kier molecular flexibility index (Phi) is 4.68. The van der Waals surface area contributed by atoms with E-state index in [0.717, 1.165) is 21.3 Å². The zero-order chi connectivity index (χ0) is 16.4. The van der Waals surface area contributed by atoms with E-state index in [-0.39, 0.29) is 0 Å². The molecule has 3 rings (SSSR count). The first-order valence-electron chi connectivity index (χ1n) is 7.05. The molecule has 0 spiro atoms. The molecule has 2 aromatic heterocycles. The number of hydrogen-bond donors (Lipinski definition) is 1. The van der Waals surface area contributed by atoms with E-state index in [4.69, 9.17) is 11.6 Å². The molecule has 120 valence electrons. The molecule has 0 saturated carbocycles. The van der Waals surface area contributed by atoms with Crippen molar-refractivity contribution in [1.29, 1.82) is 0 Å². The standard InChI is InChI=1S/C16H15ClN2O2S2/c1-11-14-10-12(17)5-6-15(14)22-16(11)23(20,21)19-9-7-13-4-2-3-8-18-13/h2-6,8,10,19H,7,9H2,1H3. The number of sulfonamides is 1. The fourth-order valence-electron chi connectivity index (χ4n) is 2.35. The molecule has 0 aliphatic rings. The maximum atomic E-state index is 12.5. The molecule has 7 heteroatoms. The highest BCUT2D eigenvalue weighted by molar-refractivity contribution is 7.91. The highest BCUT2D eigenvalue weighted by atomic mass is 35.5. The quantitative estimate of drug-likeness (QED) is 0.747. The lowest BCUT2D eigenvalue weighted by Gasteiger charge is -2.05. The van der Waals surface area contributed by atoms with Crippen LogP contribution in [0.3, 0.4) is 0 Å². The zero-order valence-corrected chi connectivity index (χ0v) is 14.8. The Morgan fingerprint density at radius 3 is 2.83 bits per heavy atom. The third kappa shape index (κ3) is 3.55. The van der Waals surface area contributed by atoms with E-state index in [0.29, 0.717) is 22.2 Å². The van der Waals surface area contributed by atoms with Crippen molar-refractivity contribution in [2.24, 2.45) is 0 Å². The van der Waals surface area contributed by atoms with E-state index in [2.05, 4.69) is 9.71 Å². The highest BCUT2D eigenvalue weighted by Gasteiger charge is 2.21. The molecule has 0 aliphatic heterocycles. The molecule has 0 aliphatic carbocycles. The second-order valence-corrected chi connectivity index (χ2v) is 8.57. The second kappa shape index (κ2) is 6.57. The van der Waals surface area contributed by atoms with Crippen LogP contribution in [0.4, 0.5) is 0 Å². The van der Waals surface area contributed by atoms with Crippen molar-refractivity contribution in [3.63, 3.8) is 0 Å². The molecule has 0 unspecified atom stereocenters. The second-order valence-electron chi connectivity index (χ2n) is 5.12. The summed E-state index contributed by atoms with van der Waals surface area (Å²) in [5, 5.41) is 1.48. The molecule has 1 N–H and O–H groups in total. The zero-order valence-electron chi connectivity index (χ0n) is 12.4. The van der Waals surface area contributed by atoms with E-state index in [1.54, 1.807) is 18.3 Å². The molecule has 1 aromatic carbocycles. The molecule has 23 heavy (non-hydrogen) atoms. The number of halogens is 1. The van der Waals surface area contributed by atoms with Crippen molar-refractivity contribution in [3.05, 3.63) is 58.9 Å². The van der Waals surface area contributed by atoms with Crippen LogP contribution in [0.1, 0.15) is 11.3 Å². The van der Waals surface area contributed by atoms with Gasteiger partial charge >= 0.3 is 0 Å². The summed E-state index contributed by atoms with van der Waals surface area (Å²) in [7, 11) is -3.54. The lowest BCUT2D eigenvalue weighted by molar-refractivity contribution is 0.583. The van der Waals surface area contributed by atoms with Gasteiger partial charge in [0.2, 0.25) is 10.0 Å². The number of fused-ring (bicyclic) bond motifs is 1. The minimum absolute atomic E-state index is 0.313. The van der Waals surface area contributed by atoms with Crippen molar-refractivity contribution >= 4 is 43.0 Å². The summed E-state index contributed by atoms with van der Waals surface area (Å²) >= 11 is 7.26. The summed E-state index contributed by atoms with van der Waals surface area (Å²) in [6, 6.07) is 11.0. The van der Waals surface area contributed by atoms with Crippen LogP contribution in [0.15, 0.2) is 46.8 Å². The predicted molar refractivity (Wildman–Crippen MR) is 94.7 cm³/mol. The molecule has 3 aromatic rings. The van der Waals surface area contributed by atoms with Gasteiger partial charge in [0.15, 0.2) is 0 Å². The Hall–Kier alpha value is -1.47. The molecule has 2 heterocycles. The van der Waals surface area contributed by atoms with Crippen LogP contribution in [0.25, 0.3) is 10.1 Å². The maximum Gasteiger partial charge on any atom is 0.250 e. The van der Waals surface area contributed by atoms with Crippen LogP contribution in [0, 0.1) is 6.92 Å². The molecule has 0 saturated heterocycles. The van der Waals surface area contributed by atoms with Gasteiger partial charge in [-0.05, 0) is 48.2 Å². The maximum absolute atomic E-state index is 12.5. The number of aryl methyl sites for hydroxylation is 1. The number of aromatic nitrogens is 1. The van der Waals surface area contributed by atoms with E-state index >= 15 is 0 Å². The summed E-state index contributed by atoms with van der Waals surface area (Å²) in [6.45, 7) is 2.12. The fraction of sp³-hybridized carbons (Fsp3) is 0.188. The molecule has 0 atom stereocenters. The van der Waals surface area contributed by atoms with Crippen molar-refractivity contribution in [2.45, 2.75) is 17.6 Å². The molecule has 4 nitrogen and oxygen atoms in total. The average Bonchev–Trinajstić information content (AvgIpc) is 2.86. The van der Waals surface area contributed by atoms with Gasteiger partial charge in [-0.3, -0.25) is 4.98 Å². The van der Waals surface area contributed by atoms with Gasteiger partial charge in [0, 0.05) is 34.6 Å². The number of hydrogen-bond acceptors (Lipinski definition) is 4. The van der Waals surface area contributed by atoms with Gasteiger partial charge in [-0.25, -0.2) is 13.1 Å². The van der Waals surface area contributed by atoms with E-state index in [1.807, 2.05) is 31.2 Å². The Balaban J connectivity index is 1.81. The Morgan fingerprint density at radius 1 is 1.26 bits per heavy atom. The molecular weight excluding hydrogens is 352 g/mol. The van der Waals surface area contributed by atoms with Gasteiger partial charge in [-0.1, -0.05) is 17.7 Å². The van der Waals surface area contributed by atoms with Gasteiger partial charge in [0.25, 0.3) is 0 Å². The lowest BCUT2D eigenvalue weighted by Crippen LogP contribution is -2.26. The monoisotopic (exact) mass is 366 g/mol. The van der Waals surface area contributed by atoms with E-state index < -0.39 is 10.0 Å². The van der Waals surface area contributed by atoms with Crippen LogP contribution < -0.4 is 4.72 Å². The van der Waals surface area contributed by atoms with E-state index in [1.165, 1.54) is 11.3 Å². The number of pyridine rings is 1. The Labute approximate surface area is 144 Å². The molecular formula is C16H15ClN2O2S2. The molecule has 0 amide bonds. The van der Waals surface area contributed by atoms with Crippen molar-refractivity contribution in [1.82, 2.24) is 9.71 Å². The van der Waals surface area contributed by atoms with E-state index in [9.17, 15) is 8.42 Å². The van der Waals surface area contributed by atoms with Crippen LogP contribution in [0.2, 0.25) is 5.02 Å². The first-order valence-corrected chi connectivity index (χ1v) is 9.73. The Bertz CT molecular complexity index is 937. The Morgan fingerprint density at radius 2 is 2.09 bits per heavy atom. The summed E-state index contributed by atoms with van der Waals surface area (Å²) in [5.41, 5.74) is 1.59. The molecule has 0 radical (unpaired) electrons. The topological polar surface area (TPSA) is 59.1 Å². The van der Waals surface area contributed by atoms with Gasteiger partial charge < -0.3 is 0 Å². The van der Waals surface area contributed by atoms with Gasteiger partial charge in [-0.2, -0.15) is 0 Å². The van der Waals surface area contributed by atoms with Crippen LogP contribution in [-0.4, -0.2) is 19.9 Å². The first-order chi connectivity index (χ1) is 11.0. The normalized spacial score (nSPS) is 11.9. The smallest absolute Gasteiger partial charge is 0.250 e. The van der Waals surface area contributed by atoms with Gasteiger partial charge in [0.05, 0.1) is 0 Å². The van der Waals surface area contributed by atoms with Gasteiger partial charge in [0.1, 0.15) is 4.21 Å². The number of benzene rings is 1. The van der Waals surface area contributed by atoms with Crippen molar-refractivity contribution in [2.75, 3.05) is 6.54 Å². The average molecular weight is 367 g/mol. The van der Waals surface area contributed by atoms with Crippen LogP contribution in [0.5, 0.6) is 0 Å². The molecule has 0 bridgehead atoms. The number of nitrogens with one attached hydrogen (secondary N) is 1. The lowest BCUT2D eigenvalue weighted by atomic mass is 10.2. The third-order valence-electron chi connectivity index (χ3n) is 3.50. The number of rotatable bonds is 5. The van der Waals surface area contributed by atoms with Crippen molar-refractivity contribution in [3.8, 4) is 0 Å². The predicted octanol–water partition coefficient (Wildman–Crippen LogP) is 3.78. The summed E-state index contributed by atoms with van der Waals surface area (Å²) in [4.78, 5) is 4.19. The van der Waals surface area contributed by atoms with Crippen LogP contribution >= 0.6 is 22.9 Å². The number of thiophene rings is 1. The fourth-order valence-corrected chi connectivity index (χ4v) is 5.34. The number of nitrogens with zero attached hydrogens (tertiary/aromatic N) is 1. The summed E-state index contributed by atoms with van der Waals surface area (Å²) in [5.74, 6) is 0.